The van der Waals surface area contributed by atoms with E-state index < -0.39 is 0 Å². The van der Waals surface area contributed by atoms with Crippen LogP contribution in [-0.4, -0.2) is 53.3 Å². The molecule has 1 aromatic rings. The van der Waals surface area contributed by atoms with Crippen LogP contribution in [0.15, 0.2) is 30.3 Å². The summed E-state index contributed by atoms with van der Waals surface area (Å²) in [6.45, 7) is 11.2. The second-order valence-electron chi connectivity index (χ2n) is 7.38. The first-order chi connectivity index (χ1) is 11.9. The summed E-state index contributed by atoms with van der Waals surface area (Å²) in [5.41, 5.74) is 1.10. The van der Waals surface area contributed by atoms with E-state index in [9.17, 15) is 9.59 Å². The third kappa shape index (κ3) is 5.56. The number of nitrogens with one attached hydrogen (secondary N) is 1. The molecule has 0 spiro atoms. The van der Waals surface area contributed by atoms with Crippen LogP contribution >= 0.6 is 0 Å². The highest BCUT2D eigenvalue weighted by Gasteiger charge is 2.34. The summed E-state index contributed by atoms with van der Waals surface area (Å²) in [6.07, 6.45) is 0.316. The maximum Gasteiger partial charge on any atom is 0.225 e. The first kappa shape index (κ1) is 19.4. The van der Waals surface area contributed by atoms with Crippen molar-refractivity contribution in [2.45, 2.75) is 52.7 Å². The molecule has 0 radical (unpaired) electrons. The lowest BCUT2D eigenvalue weighted by Gasteiger charge is -2.30. The van der Waals surface area contributed by atoms with Gasteiger partial charge in [0.2, 0.25) is 11.8 Å². The van der Waals surface area contributed by atoms with Gasteiger partial charge in [0.05, 0.1) is 5.92 Å². The van der Waals surface area contributed by atoms with Gasteiger partial charge in [0.1, 0.15) is 0 Å². The SMILES string of the molecule is CC(C)N(CCNC(=O)C1CC(=O)N(Cc2ccccc2)C1)C(C)C. The number of carbonyl (C=O) groups is 2. The second-order valence-corrected chi connectivity index (χ2v) is 7.38. The Hall–Kier alpha value is -1.88. The summed E-state index contributed by atoms with van der Waals surface area (Å²) in [4.78, 5) is 28.7. The van der Waals surface area contributed by atoms with Gasteiger partial charge < -0.3 is 10.2 Å². The third-order valence-corrected chi connectivity index (χ3v) is 4.80. The van der Waals surface area contributed by atoms with Gasteiger partial charge in [-0.15, -0.1) is 0 Å². The minimum atomic E-state index is -0.234. The summed E-state index contributed by atoms with van der Waals surface area (Å²) in [7, 11) is 0. The molecule has 1 aliphatic rings. The summed E-state index contributed by atoms with van der Waals surface area (Å²) < 4.78 is 0. The molecule has 1 fully saturated rings. The molecule has 1 saturated heterocycles. The van der Waals surface area contributed by atoms with Gasteiger partial charge in [-0.25, -0.2) is 0 Å². The number of rotatable bonds is 8. The molecule has 0 aliphatic carbocycles. The van der Waals surface area contributed by atoms with Crippen LogP contribution < -0.4 is 5.32 Å². The molecule has 1 N–H and O–H groups in total. The zero-order valence-corrected chi connectivity index (χ0v) is 15.9. The number of likely N-dealkylation sites (tertiary alicyclic amines) is 1. The summed E-state index contributed by atoms with van der Waals surface area (Å²) >= 11 is 0. The van der Waals surface area contributed by atoms with Crippen molar-refractivity contribution in [3.63, 3.8) is 0 Å². The standard InChI is InChI=1S/C20H31N3O2/c1-15(2)23(16(3)4)11-10-21-20(25)18-12-19(24)22(14-18)13-17-8-6-5-7-9-17/h5-9,15-16,18H,10-14H2,1-4H3,(H,21,25). The van der Waals surface area contributed by atoms with Crippen molar-refractivity contribution in [2.24, 2.45) is 5.92 Å². The first-order valence-electron chi connectivity index (χ1n) is 9.23. The van der Waals surface area contributed by atoms with Crippen molar-refractivity contribution >= 4 is 11.8 Å². The molecule has 138 valence electrons. The van der Waals surface area contributed by atoms with E-state index >= 15 is 0 Å². The molecule has 2 rings (SSSR count). The minimum absolute atomic E-state index is 0.00336. The number of hydrogen-bond acceptors (Lipinski definition) is 3. The van der Waals surface area contributed by atoms with Gasteiger partial charge in [-0.2, -0.15) is 0 Å². The molecule has 1 heterocycles. The van der Waals surface area contributed by atoms with Crippen LogP contribution in [0.2, 0.25) is 0 Å². The molecule has 0 bridgehead atoms. The highest BCUT2D eigenvalue weighted by Crippen LogP contribution is 2.20. The van der Waals surface area contributed by atoms with Crippen molar-refractivity contribution in [3.8, 4) is 0 Å². The van der Waals surface area contributed by atoms with Crippen LogP contribution in [0.5, 0.6) is 0 Å². The van der Waals surface area contributed by atoms with E-state index in [2.05, 4.69) is 37.9 Å². The third-order valence-electron chi connectivity index (χ3n) is 4.80. The predicted molar refractivity (Wildman–Crippen MR) is 100.0 cm³/mol. The number of nitrogens with zero attached hydrogens (tertiary/aromatic N) is 2. The Balaban J connectivity index is 1.80. The van der Waals surface area contributed by atoms with E-state index in [-0.39, 0.29) is 17.7 Å². The van der Waals surface area contributed by atoms with E-state index in [1.165, 1.54) is 0 Å². The number of hydrogen-bond donors (Lipinski definition) is 1. The maximum absolute atomic E-state index is 12.4. The lowest BCUT2D eigenvalue weighted by Crippen LogP contribution is -2.43. The van der Waals surface area contributed by atoms with E-state index in [0.717, 1.165) is 12.1 Å². The number of carbonyl (C=O) groups excluding carboxylic acids is 2. The lowest BCUT2D eigenvalue weighted by molar-refractivity contribution is -0.129. The smallest absolute Gasteiger partial charge is 0.225 e. The van der Waals surface area contributed by atoms with E-state index in [1.54, 1.807) is 4.90 Å². The van der Waals surface area contributed by atoms with Crippen LogP contribution in [0.25, 0.3) is 0 Å². The van der Waals surface area contributed by atoms with Gasteiger partial charge in [-0.3, -0.25) is 14.5 Å². The van der Waals surface area contributed by atoms with Crippen molar-refractivity contribution in [2.75, 3.05) is 19.6 Å². The fourth-order valence-corrected chi connectivity index (χ4v) is 3.47. The van der Waals surface area contributed by atoms with Gasteiger partial charge >= 0.3 is 0 Å². The summed E-state index contributed by atoms with van der Waals surface area (Å²) in [5, 5.41) is 3.01. The van der Waals surface area contributed by atoms with Crippen LogP contribution in [0.1, 0.15) is 39.7 Å². The quantitative estimate of drug-likeness (QED) is 0.786. The summed E-state index contributed by atoms with van der Waals surface area (Å²) in [5.74, 6) is -0.172. The fourth-order valence-electron chi connectivity index (χ4n) is 3.47. The molecule has 0 aromatic heterocycles. The molecule has 5 nitrogen and oxygen atoms in total. The Morgan fingerprint density at radius 1 is 1.20 bits per heavy atom. The highest BCUT2D eigenvalue weighted by atomic mass is 16.2. The van der Waals surface area contributed by atoms with Gasteiger partial charge in [-0.05, 0) is 33.3 Å². The molecule has 5 heteroatoms. The van der Waals surface area contributed by atoms with Crippen LogP contribution in [-0.2, 0) is 16.1 Å². The largest absolute Gasteiger partial charge is 0.355 e. The molecule has 25 heavy (non-hydrogen) atoms. The van der Waals surface area contributed by atoms with Crippen LogP contribution in [0.4, 0.5) is 0 Å². The topological polar surface area (TPSA) is 52.7 Å². The van der Waals surface area contributed by atoms with Crippen molar-refractivity contribution < 1.29 is 9.59 Å². The Bertz CT molecular complexity index is 564. The van der Waals surface area contributed by atoms with Gasteiger partial charge in [-0.1, -0.05) is 30.3 Å². The zero-order chi connectivity index (χ0) is 18.4. The maximum atomic E-state index is 12.4. The van der Waals surface area contributed by atoms with Gasteiger partial charge in [0, 0.05) is 44.7 Å². The van der Waals surface area contributed by atoms with Gasteiger partial charge in [0.25, 0.3) is 0 Å². The van der Waals surface area contributed by atoms with E-state index in [1.807, 2.05) is 30.3 Å². The predicted octanol–water partition coefficient (Wildman–Crippen LogP) is 2.27. The normalized spacial score (nSPS) is 17.8. The average Bonchev–Trinajstić information content (AvgIpc) is 2.92. The first-order valence-corrected chi connectivity index (χ1v) is 9.23. The zero-order valence-electron chi connectivity index (χ0n) is 15.9. The Morgan fingerprint density at radius 2 is 1.84 bits per heavy atom. The van der Waals surface area contributed by atoms with Crippen molar-refractivity contribution in [1.82, 2.24) is 15.1 Å². The Morgan fingerprint density at radius 3 is 2.44 bits per heavy atom. The molecule has 0 saturated carbocycles. The van der Waals surface area contributed by atoms with Crippen molar-refractivity contribution in [3.05, 3.63) is 35.9 Å². The van der Waals surface area contributed by atoms with E-state index in [0.29, 0.717) is 38.1 Å². The van der Waals surface area contributed by atoms with Gasteiger partial charge in [0.15, 0.2) is 0 Å². The van der Waals surface area contributed by atoms with Crippen molar-refractivity contribution in [1.29, 1.82) is 0 Å². The molecule has 1 aliphatic heterocycles. The van der Waals surface area contributed by atoms with Crippen LogP contribution in [0, 0.1) is 5.92 Å². The highest BCUT2D eigenvalue weighted by molar-refractivity contribution is 5.89. The molecule has 2 amide bonds. The second kappa shape index (κ2) is 8.99. The van der Waals surface area contributed by atoms with Crippen LogP contribution in [0.3, 0.4) is 0 Å². The van der Waals surface area contributed by atoms with E-state index in [4.69, 9.17) is 0 Å². The molecule has 1 aromatic carbocycles. The number of benzene rings is 1. The Kier molecular flexibility index (Phi) is 7.00. The molecule has 1 atom stereocenters. The number of amides is 2. The lowest BCUT2D eigenvalue weighted by atomic mass is 10.1. The molecule has 1 unspecified atom stereocenters. The average molecular weight is 345 g/mol. The summed E-state index contributed by atoms with van der Waals surface area (Å²) in [6, 6.07) is 10.8. The molecular formula is C20H31N3O2. The molecular weight excluding hydrogens is 314 g/mol. The minimum Gasteiger partial charge on any atom is -0.355 e. The Labute approximate surface area is 151 Å². The fraction of sp³-hybridized carbons (Fsp3) is 0.600. The monoisotopic (exact) mass is 345 g/mol.